The Labute approximate surface area is 198 Å². The number of aromatic nitrogens is 3. The van der Waals surface area contributed by atoms with Crippen molar-refractivity contribution < 1.29 is 9.53 Å². The van der Waals surface area contributed by atoms with Gasteiger partial charge in [0.05, 0.1) is 12.9 Å². The normalized spacial score (nSPS) is 10.6. The fraction of sp³-hybridized carbons (Fsp3) is 0.0870. The van der Waals surface area contributed by atoms with Crippen molar-refractivity contribution in [1.82, 2.24) is 14.8 Å². The van der Waals surface area contributed by atoms with Crippen LogP contribution in [0.4, 0.5) is 5.69 Å². The first-order chi connectivity index (χ1) is 15.1. The van der Waals surface area contributed by atoms with Crippen LogP contribution in [0.15, 0.2) is 84.0 Å². The van der Waals surface area contributed by atoms with Gasteiger partial charge in [-0.15, -0.1) is 10.2 Å². The second kappa shape index (κ2) is 9.97. The van der Waals surface area contributed by atoms with Crippen LogP contribution in [0, 0.1) is 3.57 Å². The van der Waals surface area contributed by atoms with E-state index in [4.69, 9.17) is 4.74 Å². The minimum atomic E-state index is -0.0995. The summed E-state index contributed by atoms with van der Waals surface area (Å²) in [5, 5.41) is 12.3. The summed E-state index contributed by atoms with van der Waals surface area (Å²) in [7, 11) is 1.64. The maximum atomic E-state index is 12.5. The summed E-state index contributed by atoms with van der Waals surface area (Å²) in [5.74, 6) is 1.60. The summed E-state index contributed by atoms with van der Waals surface area (Å²) in [4.78, 5) is 12.5. The van der Waals surface area contributed by atoms with Gasteiger partial charge in [-0.2, -0.15) is 0 Å². The van der Waals surface area contributed by atoms with Crippen molar-refractivity contribution in [3.05, 3.63) is 82.4 Å². The zero-order valence-corrected chi connectivity index (χ0v) is 19.6. The lowest BCUT2D eigenvalue weighted by Gasteiger charge is -2.11. The van der Waals surface area contributed by atoms with Gasteiger partial charge in [0.25, 0.3) is 0 Å². The van der Waals surface area contributed by atoms with Gasteiger partial charge >= 0.3 is 0 Å². The summed E-state index contributed by atoms with van der Waals surface area (Å²) in [5.41, 5.74) is 2.62. The molecule has 31 heavy (non-hydrogen) atoms. The van der Waals surface area contributed by atoms with Crippen LogP contribution in [0.3, 0.4) is 0 Å². The Bertz CT molecular complexity index is 1180. The molecule has 3 aromatic carbocycles. The molecule has 0 atom stereocenters. The number of carbonyl (C=O) groups is 1. The van der Waals surface area contributed by atoms with Crippen molar-refractivity contribution in [3.63, 3.8) is 0 Å². The number of thioether (sulfide) groups is 1. The summed E-state index contributed by atoms with van der Waals surface area (Å²) in [6.07, 6.45) is 0. The van der Waals surface area contributed by atoms with E-state index < -0.39 is 0 Å². The molecule has 1 N–H and O–H groups in total. The molecule has 4 rings (SSSR count). The molecule has 0 aliphatic carbocycles. The number of rotatable bonds is 7. The summed E-state index contributed by atoms with van der Waals surface area (Å²) in [6.45, 7) is 0. The quantitative estimate of drug-likeness (QED) is 0.254. The van der Waals surface area contributed by atoms with Crippen LogP contribution < -0.4 is 10.1 Å². The number of methoxy groups -OCH3 is 1. The molecule has 0 aliphatic heterocycles. The van der Waals surface area contributed by atoms with Gasteiger partial charge in [-0.05, 0) is 65.1 Å². The minimum Gasteiger partial charge on any atom is -0.497 e. The number of benzene rings is 3. The molecule has 0 saturated carbocycles. The Hall–Kier alpha value is -2.85. The zero-order chi connectivity index (χ0) is 21.6. The Balaban J connectivity index is 1.59. The molecule has 156 valence electrons. The molecular weight excluding hydrogens is 523 g/mol. The van der Waals surface area contributed by atoms with Gasteiger partial charge in [0.2, 0.25) is 5.91 Å². The average molecular weight is 542 g/mol. The molecule has 4 aromatic rings. The van der Waals surface area contributed by atoms with Crippen LogP contribution in [-0.2, 0) is 4.79 Å². The predicted octanol–water partition coefficient (Wildman–Crippen LogP) is 5.28. The first-order valence-electron chi connectivity index (χ1n) is 9.47. The number of amides is 1. The van der Waals surface area contributed by atoms with Crippen LogP contribution in [-0.4, -0.2) is 33.5 Å². The fourth-order valence-electron chi connectivity index (χ4n) is 3.00. The summed E-state index contributed by atoms with van der Waals surface area (Å²) >= 11 is 3.56. The molecule has 0 saturated heterocycles. The van der Waals surface area contributed by atoms with Crippen molar-refractivity contribution in [3.8, 4) is 22.8 Å². The van der Waals surface area contributed by atoms with E-state index >= 15 is 0 Å². The van der Waals surface area contributed by atoms with Gasteiger partial charge in [0.15, 0.2) is 11.0 Å². The highest BCUT2D eigenvalue weighted by molar-refractivity contribution is 14.1. The van der Waals surface area contributed by atoms with Crippen molar-refractivity contribution in [2.45, 2.75) is 5.16 Å². The molecule has 0 bridgehead atoms. The number of ether oxygens (including phenoxy) is 1. The van der Waals surface area contributed by atoms with Crippen LogP contribution >= 0.6 is 34.4 Å². The van der Waals surface area contributed by atoms with Crippen LogP contribution in [0.5, 0.6) is 5.75 Å². The zero-order valence-electron chi connectivity index (χ0n) is 16.7. The molecule has 0 aliphatic rings. The number of nitrogens with zero attached hydrogens (tertiary/aromatic N) is 3. The number of halogens is 1. The second-order valence-corrected chi connectivity index (χ2v) is 8.74. The van der Waals surface area contributed by atoms with Crippen LogP contribution in [0.25, 0.3) is 17.1 Å². The van der Waals surface area contributed by atoms with Gasteiger partial charge in [-0.1, -0.05) is 48.2 Å². The highest BCUT2D eigenvalue weighted by Gasteiger charge is 2.17. The van der Waals surface area contributed by atoms with Gasteiger partial charge in [-0.3, -0.25) is 9.36 Å². The smallest absolute Gasteiger partial charge is 0.234 e. The standard InChI is InChI=1S/C23H19IN4O2S/c1-30-20-12-10-19(11-13-20)28-22(16-6-3-2-4-7-16)26-27-23(28)31-15-21(29)25-18-9-5-8-17(24)14-18/h2-14H,15H2,1H3,(H,25,29). The number of nitrogens with one attached hydrogen (secondary N) is 1. The number of hydrogen-bond acceptors (Lipinski definition) is 5. The Morgan fingerprint density at radius 3 is 2.52 bits per heavy atom. The van der Waals surface area contributed by atoms with Gasteiger partial charge in [0, 0.05) is 20.5 Å². The van der Waals surface area contributed by atoms with Crippen LogP contribution in [0.2, 0.25) is 0 Å². The van der Waals surface area contributed by atoms with Crippen LogP contribution in [0.1, 0.15) is 0 Å². The third-order valence-corrected chi connectivity index (χ3v) is 6.04. The maximum Gasteiger partial charge on any atom is 0.234 e. The number of hydrogen-bond donors (Lipinski definition) is 1. The first kappa shape index (κ1) is 21.4. The molecule has 1 amide bonds. The topological polar surface area (TPSA) is 69.0 Å². The molecule has 6 nitrogen and oxygen atoms in total. The van der Waals surface area contributed by atoms with E-state index in [9.17, 15) is 4.79 Å². The third kappa shape index (κ3) is 5.26. The molecule has 0 radical (unpaired) electrons. The van der Waals surface area contributed by atoms with E-state index in [-0.39, 0.29) is 11.7 Å². The van der Waals surface area contributed by atoms with Crippen molar-refractivity contribution in [2.24, 2.45) is 0 Å². The third-order valence-electron chi connectivity index (χ3n) is 4.44. The highest BCUT2D eigenvalue weighted by atomic mass is 127. The van der Waals surface area contributed by atoms with Gasteiger partial charge in [0.1, 0.15) is 5.75 Å². The first-order valence-corrected chi connectivity index (χ1v) is 11.5. The number of anilines is 1. The largest absolute Gasteiger partial charge is 0.497 e. The van der Waals surface area contributed by atoms with Crippen molar-refractivity contribution in [2.75, 3.05) is 18.2 Å². The molecule has 1 aromatic heterocycles. The molecule has 0 spiro atoms. The summed E-state index contributed by atoms with van der Waals surface area (Å²) < 4.78 is 8.30. The van der Waals surface area contributed by atoms with E-state index in [0.29, 0.717) is 11.0 Å². The van der Waals surface area contributed by atoms with E-state index in [1.54, 1.807) is 7.11 Å². The SMILES string of the molecule is COc1ccc(-n2c(SCC(=O)Nc3cccc(I)c3)nnc2-c2ccccc2)cc1. The monoisotopic (exact) mass is 542 g/mol. The van der Waals surface area contributed by atoms with E-state index in [1.165, 1.54) is 11.8 Å². The second-order valence-electron chi connectivity index (χ2n) is 6.55. The van der Waals surface area contributed by atoms with E-state index in [2.05, 4.69) is 38.1 Å². The lowest BCUT2D eigenvalue weighted by atomic mass is 10.2. The van der Waals surface area contributed by atoms with E-state index in [1.807, 2.05) is 83.4 Å². The van der Waals surface area contributed by atoms with E-state index in [0.717, 1.165) is 26.3 Å². The molecular formula is C23H19IN4O2S. The average Bonchev–Trinajstić information content (AvgIpc) is 3.22. The highest BCUT2D eigenvalue weighted by Crippen LogP contribution is 2.29. The maximum absolute atomic E-state index is 12.5. The fourth-order valence-corrected chi connectivity index (χ4v) is 4.29. The Morgan fingerprint density at radius 1 is 1.03 bits per heavy atom. The molecule has 1 heterocycles. The molecule has 0 fully saturated rings. The number of carbonyl (C=O) groups excluding carboxylic acids is 1. The van der Waals surface area contributed by atoms with Crippen molar-refractivity contribution >= 4 is 45.9 Å². The molecule has 0 unspecified atom stereocenters. The molecule has 8 heteroatoms. The van der Waals surface area contributed by atoms with Gasteiger partial charge in [-0.25, -0.2) is 0 Å². The predicted molar refractivity (Wildman–Crippen MR) is 132 cm³/mol. The minimum absolute atomic E-state index is 0.0995. The lowest BCUT2D eigenvalue weighted by Crippen LogP contribution is -2.14. The Kier molecular flexibility index (Phi) is 6.88. The summed E-state index contributed by atoms with van der Waals surface area (Å²) in [6, 6.07) is 25.2. The Morgan fingerprint density at radius 2 is 1.81 bits per heavy atom. The lowest BCUT2D eigenvalue weighted by molar-refractivity contribution is -0.113. The van der Waals surface area contributed by atoms with Crippen molar-refractivity contribution in [1.29, 1.82) is 0 Å². The van der Waals surface area contributed by atoms with Gasteiger partial charge < -0.3 is 10.1 Å².